The van der Waals surface area contributed by atoms with Crippen LogP contribution < -0.4 is 5.32 Å². The second-order valence-electron chi connectivity index (χ2n) is 5.65. The Morgan fingerprint density at radius 3 is 3.18 bits per heavy atom. The molecule has 2 heteroatoms. The summed E-state index contributed by atoms with van der Waals surface area (Å²) in [6.45, 7) is 7.18. The Kier molecular flexibility index (Phi) is 3.06. The van der Waals surface area contributed by atoms with Gasteiger partial charge in [-0.2, -0.15) is 0 Å². The lowest BCUT2D eigenvalue weighted by atomic mass is 10.0. The largest absolute Gasteiger partial charge is 0.385 e. The maximum atomic E-state index is 3.48. The molecule has 0 bridgehead atoms. The minimum atomic E-state index is 0.884. The number of hydrogen-bond acceptors (Lipinski definition) is 2. The van der Waals surface area contributed by atoms with Crippen molar-refractivity contribution in [3.8, 4) is 0 Å². The highest BCUT2D eigenvalue weighted by atomic mass is 15.1. The van der Waals surface area contributed by atoms with E-state index in [2.05, 4.69) is 35.3 Å². The molecule has 1 atom stereocenters. The lowest BCUT2D eigenvalue weighted by Crippen LogP contribution is -2.20. The van der Waals surface area contributed by atoms with E-state index in [0.717, 1.165) is 19.0 Å². The van der Waals surface area contributed by atoms with Gasteiger partial charge in [0.25, 0.3) is 0 Å². The zero-order valence-corrected chi connectivity index (χ0v) is 10.7. The van der Waals surface area contributed by atoms with Gasteiger partial charge in [0.1, 0.15) is 0 Å². The number of likely N-dealkylation sites (tertiary alicyclic amines) is 1. The second kappa shape index (κ2) is 4.69. The third-order valence-electron chi connectivity index (χ3n) is 4.02. The topological polar surface area (TPSA) is 15.3 Å². The van der Waals surface area contributed by atoms with E-state index in [1.54, 1.807) is 0 Å². The summed E-state index contributed by atoms with van der Waals surface area (Å²) in [5.41, 5.74) is 4.36. The van der Waals surface area contributed by atoms with Gasteiger partial charge in [-0.25, -0.2) is 0 Å². The van der Waals surface area contributed by atoms with Crippen molar-refractivity contribution in [2.24, 2.45) is 5.92 Å². The third-order valence-corrected chi connectivity index (χ3v) is 4.02. The predicted molar refractivity (Wildman–Crippen MR) is 72.3 cm³/mol. The molecule has 1 unspecified atom stereocenters. The van der Waals surface area contributed by atoms with Crippen molar-refractivity contribution in [1.82, 2.24) is 4.90 Å². The molecular weight excluding hydrogens is 208 g/mol. The monoisotopic (exact) mass is 230 g/mol. The van der Waals surface area contributed by atoms with Crippen LogP contribution in [0.15, 0.2) is 18.2 Å². The first-order valence-electron chi connectivity index (χ1n) is 6.89. The predicted octanol–water partition coefficient (Wildman–Crippen LogP) is 2.89. The highest BCUT2D eigenvalue weighted by Crippen LogP contribution is 2.24. The van der Waals surface area contributed by atoms with Crippen molar-refractivity contribution in [2.75, 3.05) is 25.0 Å². The molecule has 2 aliphatic rings. The molecule has 3 rings (SSSR count). The molecule has 0 saturated carbocycles. The molecule has 0 aliphatic carbocycles. The van der Waals surface area contributed by atoms with Gasteiger partial charge in [-0.05, 0) is 48.9 Å². The maximum Gasteiger partial charge on any atom is 0.0372 e. The fourth-order valence-corrected chi connectivity index (χ4v) is 3.05. The molecule has 2 heterocycles. The Balaban J connectivity index is 1.71. The maximum absolute atomic E-state index is 3.48. The Labute approximate surface area is 104 Å². The summed E-state index contributed by atoms with van der Waals surface area (Å²) >= 11 is 0. The van der Waals surface area contributed by atoms with Crippen LogP contribution in [0, 0.1) is 5.92 Å². The van der Waals surface area contributed by atoms with E-state index in [1.165, 1.54) is 49.2 Å². The van der Waals surface area contributed by atoms with Gasteiger partial charge in [-0.1, -0.05) is 19.1 Å². The van der Waals surface area contributed by atoms with Gasteiger partial charge < -0.3 is 5.32 Å². The van der Waals surface area contributed by atoms with Crippen LogP contribution in [0.2, 0.25) is 0 Å². The van der Waals surface area contributed by atoms with E-state index in [4.69, 9.17) is 0 Å². The molecule has 1 fully saturated rings. The van der Waals surface area contributed by atoms with E-state index in [-0.39, 0.29) is 0 Å². The highest BCUT2D eigenvalue weighted by molar-refractivity contribution is 5.54. The lowest BCUT2D eigenvalue weighted by molar-refractivity contribution is 0.320. The normalized spacial score (nSPS) is 24.4. The van der Waals surface area contributed by atoms with Crippen LogP contribution in [0.4, 0.5) is 5.69 Å². The van der Waals surface area contributed by atoms with Crippen LogP contribution in [0.1, 0.15) is 30.9 Å². The van der Waals surface area contributed by atoms with Crippen LogP contribution in [0.5, 0.6) is 0 Å². The molecule has 2 nitrogen and oxygen atoms in total. The molecule has 0 spiro atoms. The second-order valence-corrected chi connectivity index (χ2v) is 5.65. The molecular formula is C15H22N2. The number of benzene rings is 1. The number of anilines is 1. The molecule has 1 saturated heterocycles. The van der Waals surface area contributed by atoms with Gasteiger partial charge in [-0.15, -0.1) is 0 Å². The molecule has 92 valence electrons. The zero-order valence-electron chi connectivity index (χ0n) is 10.7. The summed E-state index contributed by atoms with van der Waals surface area (Å²) in [6.07, 6.45) is 3.89. The van der Waals surface area contributed by atoms with Crippen molar-refractivity contribution in [1.29, 1.82) is 0 Å². The Hall–Kier alpha value is -1.02. The first-order valence-corrected chi connectivity index (χ1v) is 6.89. The number of fused-ring (bicyclic) bond motifs is 1. The fraction of sp³-hybridized carbons (Fsp3) is 0.600. The number of rotatable bonds is 2. The van der Waals surface area contributed by atoms with Gasteiger partial charge in [-0.3, -0.25) is 4.90 Å². The smallest absolute Gasteiger partial charge is 0.0372 e. The van der Waals surface area contributed by atoms with E-state index in [1.807, 2.05) is 0 Å². The van der Waals surface area contributed by atoms with Gasteiger partial charge in [0.15, 0.2) is 0 Å². The molecule has 0 aromatic heterocycles. The van der Waals surface area contributed by atoms with Gasteiger partial charge in [0.05, 0.1) is 0 Å². The summed E-state index contributed by atoms with van der Waals surface area (Å²) in [4.78, 5) is 2.59. The van der Waals surface area contributed by atoms with E-state index in [9.17, 15) is 0 Å². The summed E-state index contributed by atoms with van der Waals surface area (Å²) in [6, 6.07) is 6.97. The van der Waals surface area contributed by atoms with Crippen LogP contribution in [0.3, 0.4) is 0 Å². The van der Waals surface area contributed by atoms with Crippen molar-refractivity contribution < 1.29 is 0 Å². The Bertz CT molecular complexity index is 400. The van der Waals surface area contributed by atoms with E-state index in [0.29, 0.717) is 0 Å². The molecule has 0 amide bonds. The van der Waals surface area contributed by atoms with Gasteiger partial charge in [0.2, 0.25) is 0 Å². The number of nitrogens with one attached hydrogen (secondary N) is 1. The fourth-order valence-electron chi connectivity index (χ4n) is 3.05. The molecule has 2 aliphatic heterocycles. The van der Waals surface area contributed by atoms with Crippen LogP contribution >= 0.6 is 0 Å². The Morgan fingerprint density at radius 1 is 1.41 bits per heavy atom. The van der Waals surface area contributed by atoms with Crippen LogP contribution in [0.25, 0.3) is 0 Å². The number of aryl methyl sites for hydroxylation is 1. The SMILES string of the molecule is CC1CCN(Cc2ccc3c(c2)CCCN3)C1. The standard InChI is InChI=1S/C15H22N2/c1-12-6-8-17(10-12)11-13-4-5-15-14(9-13)3-2-7-16-15/h4-5,9,12,16H,2-3,6-8,10-11H2,1H3. The average molecular weight is 230 g/mol. The van der Waals surface area contributed by atoms with Crippen molar-refractivity contribution in [3.63, 3.8) is 0 Å². The number of hydrogen-bond donors (Lipinski definition) is 1. The Morgan fingerprint density at radius 2 is 2.35 bits per heavy atom. The molecule has 1 aromatic rings. The van der Waals surface area contributed by atoms with E-state index >= 15 is 0 Å². The van der Waals surface area contributed by atoms with Crippen LogP contribution in [-0.4, -0.2) is 24.5 Å². The quantitative estimate of drug-likeness (QED) is 0.840. The van der Waals surface area contributed by atoms with Gasteiger partial charge >= 0.3 is 0 Å². The summed E-state index contributed by atoms with van der Waals surface area (Å²) in [7, 11) is 0. The highest BCUT2D eigenvalue weighted by Gasteiger charge is 2.19. The minimum absolute atomic E-state index is 0.884. The van der Waals surface area contributed by atoms with E-state index < -0.39 is 0 Å². The molecule has 1 N–H and O–H groups in total. The molecule has 1 aromatic carbocycles. The molecule has 0 radical (unpaired) electrons. The van der Waals surface area contributed by atoms with Crippen molar-refractivity contribution >= 4 is 5.69 Å². The van der Waals surface area contributed by atoms with Crippen molar-refractivity contribution in [3.05, 3.63) is 29.3 Å². The first kappa shape index (κ1) is 11.1. The summed E-state index contributed by atoms with van der Waals surface area (Å²) < 4.78 is 0. The summed E-state index contributed by atoms with van der Waals surface area (Å²) in [5, 5.41) is 3.48. The first-order chi connectivity index (χ1) is 8.31. The summed E-state index contributed by atoms with van der Waals surface area (Å²) in [5.74, 6) is 0.884. The third kappa shape index (κ3) is 2.47. The minimum Gasteiger partial charge on any atom is -0.385 e. The van der Waals surface area contributed by atoms with Crippen molar-refractivity contribution in [2.45, 2.75) is 32.7 Å². The lowest BCUT2D eigenvalue weighted by Gasteiger charge is -2.20. The number of nitrogens with zero attached hydrogens (tertiary/aromatic N) is 1. The van der Waals surface area contributed by atoms with Gasteiger partial charge in [0, 0.05) is 25.3 Å². The molecule has 17 heavy (non-hydrogen) atoms. The van der Waals surface area contributed by atoms with Crippen LogP contribution in [-0.2, 0) is 13.0 Å². The zero-order chi connectivity index (χ0) is 11.7. The average Bonchev–Trinajstić information content (AvgIpc) is 2.75.